The van der Waals surface area contributed by atoms with Gasteiger partial charge in [-0.1, -0.05) is 0 Å². The van der Waals surface area contributed by atoms with E-state index in [4.69, 9.17) is 9.52 Å². The Labute approximate surface area is 68.9 Å². The molecule has 0 bridgehead atoms. The molecular formula is C7H8N2O3. The van der Waals surface area contributed by atoms with E-state index in [1.54, 1.807) is 12.1 Å². The van der Waals surface area contributed by atoms with Gasteiger partial charge in [0.1, 0.15) is 5.76 Å². The van der Waals surface area contributed by atoms with Crippen LogP contribution < -0.4 is 0 Å². The van der Waals surface area contributed by atoms with E-state index in [-0.39, 0.29) is 0 Å². The molecule has 1 N–H and O–H groups in total. The molecule has 5 heteroatoms. The first-order chi connectivity index (χ1) is 5.70. The minimum atomic E-state index is -1.11. The highest BCUT2D eigenvalue weighted by Gasteiger charge is 2.00. The van der Waals surface area contributed by atoms with Crippen LogP contribution in [0.4, 0.5) is 4.79 Å². The summed E-state index contributed by atoms with van der Waals surface area (Å²) in [6, 6.07) is 3.38. The van der Waals surface area contributed by atoms with Crippen LogP contribution in [-0.2, 0) is 0 Å². The van der Waals surface area contributed by atoms with E-state index in [0.717, 1.165) is 5.01 Å². The molecule has 64 valence electrons. The summed E-state index contributed by atoms with van der Waals surface area (Å²) in [7, 11) is 1.34. The SMILES string of the molecule is CN(/N=C/c1ccco1)C(=O)O. The van der Waals surface area contributed by atoms with Crippen molar-refractivity contribution in [3.05, 3.63) is 24.2 Å². The highest BCUT2D eigenvalue weighted by molar-refractivity contribution is 5.77. The van der Waals surface area contributed by atoms with Gasteiger partial charge in [0.25, 0.3) is 0 Å². The van der Waals surface area contributed by atoms with E-state index >= 15 is 0 Å². The Morgan fingerprint density at radius 1 is 1.83 bits per heavy atom. The van der Waals surface area contributed by atoms with Crippen LogP contribution in [0.1, 0.15) is 5.76 Å². The van der Waals surface area contributed by atoms with Crippen molar-refractivity contribution in [2.24, 2.45) is 5.10 Å². The number of furan rings is 1. The van der Waals surface area contributed by atoms with Gasteiger partial charge in [-0.2, -0.15) is 5.10 Å². The van der Waals surface area contributed by atoms with Gasteiger partial charge in [-0.3, -0.25) is 0 Å². The van der Waals surface area contributed by atoms with Crippen molar-refractivity contribution in [3.63, 3.8) is 0 Å². The third kappa shape index (κ3) is 2.12. The molecule has 5 nitrogen and oxygen atoms in total. The first-order valence-corrected chi connectivity index (χ1v) is 3.24. The molecule has 1 heterocycles. The summed E-state index contributed by atoms with van der Waals surface area (Å²) < 4.78 is 4.89. The highest BCUT2D eigenvalue weighted by atomic mass is 16.4. The predicted octanol–water partition coefficient (Wildman–Crippen LogP) is 1.22. The van der Waals surface area contributed by atoms with E-state index in [1.807, 2.05) is 0 Å². The lowest BCUT2D eigenvalue weighted by Gasteiger charge is -2.02. The van der Waals surface area contributed by atoms with E-state index in [1.165, 1.54) is 19.5 Å². The lowest BCUT2D eigenvalue weighted by molar-refractivity contribution is 0.158. The monoisotopic (exact) mass is 168 g/mol. The van der Waals surface area contributed by atoms with E-state index in [9.17, 15) is 4.79 Å². The first-order valence-electron chi connectivity index (χ1n) is 3.24. The Morgan fingerprint density at radius 2 is 2.58 bits per heavy atom. The zero-order valence-electron chi connectivity index (χ0n) is 6.47. The van der Waals surface area contributed by atoms with Crippen LogP contribution in [0.2, 0.25) is 0 Å². The maximum atomic E-state index is 10.2. The number of nitrogens with zero attached hydrogens (tertiary/aromatic N) is 2. The maximum absolute atomic E-state index is 10.2. The summed E-state index contributed by atoms with van der Waals surface area (Å²) in [5, 5.41) is 12.8. The molecule has 0 aromatic carbocycles. The molecule has 0 fully saturated rings. The zero-order valence-corrected chi connectivity index (χ0v) is 6.47. The van der Waals surface area contributed by atoms with Crippen LogP contribution in [-0.4, -0.2) is 29.5 Å². The number of amides is 1. The molecule has 1 amide bonds. The van der Waals surface area contributed by atoms with Crippen molar-refractivity contribution in [2.75, 3.05) is 7.05 Å². The van der Waals surface area contributed by atoms with Gasteiger partial charge in [0.15, 0.2) is 0 Å². The molecule has 0 atom stereocenters. The third-order valence-electron chi connectivity index (χ3n) is 1.18. The average Bonchev–Trinajstić information content (AvgIpc) is 2.51. The van der Waals surface area contributed by atoms with Crippen molar-refractivity contribution in [1.29, 1.82) is 0 Å². The number of hydrazone groups is 1. The quantitative estimate of drug-likeness (QED) is 0.533. The second-order valence-corrected chi connectivity index (χ2v) is 2.07. The fourth-order valence-corrected chi connectivity index (χ4v) is 0.558. The molecule has 0 aliphatic rings. The topological polar surface area (TPSA) is 66.0 Å². The zero-order chi connectivity index (χ0) is 8.97. The summed E-state index contributed by atoms with van der Waals surface area (Å²) in [5.74, 6) is 0.517. The molecule has 0 spiro atoms. The smallest absolute Gasteiger partial charge is 0.427 e. The molecular weight excluding hydrogens is 160 g/mol. The number of hydrogen-bond acceptors (Lipinski definition) is 3. The normalized spacial score (nSPS) is 10.4. The predicted molar refractivity (Wildman–Crippen MR) is 42.1 cm³/mol. The first kappa shape index (κ1) is 8.32. The Hall–Kier alpha value is -1.78. The Morgan fingerprint density at radius 3 is 3.08 bits per heavy atom. The molecule has 1 aromatic heterocycles. The standard InChI is InChI=1S/C7H8N2O3/c1-9(7(10)11)8-5-6-3-2-4-12-6/h2-5H,1H3,(H,10,11)/b8-5+. The molecule has 12 heavy (non-hydrogen) atoms. The minimum absolute atomic E-state index is 0.517. The molecule has 0 aliphatic heterocycles. The lowest BCUT2D eigenvalue weighted by Crippen LogP contribution is -2.18. The number of carboxylic acid groups (broad SMARTS) is 1. The molecule has 0 saturated heterocycles. The van der Waals surface area contributed by atoms with Gasteiger partial charge in [-0.05, 0) is 12.1 Å². The number of rotatable bonds is 2. The second-order valence-electron chi connectivity index (χ2n) is 2.07. The highest BCUT2D eigenvalue weighted by Crippen LogP contribution is 1.95. The summed E-state index contributed by atoms with van der Waals surface area (Å²) >= 11 is 0. The van der Waals surface area contributed by atoms with E-state index < -0.39 is 6.09 Å². The van der Waals surface area contributed by atoms with Crippen LogP contribution in [0.15, 0.2) is 27.9 Å². The number of carbonyl (C=O) groups is 1. The Bertz CT molecular complexity index is 279. The molecule has 0 unspecified atom stereocenters. The molecule has 1 rings (SSSR count). The van der Waals surface area contributed by atoms with Crippen LogP contribution >= 0.6 is 0 Å². The fourth-order valence-electron chi connectivity index (χ4n) is 0.558. The molecule has 0 saturated carbocycles. The summed E-state index contributed by atoms with van der Waals surface area (Å²) in [6.07, 6.45) is 1.70. The van der Waals surface area contributed by atoms with Crippen molar-refractivity contribution in [1.82, 2.24) is 5.01 Å². The average molecular weight is 168 g/mol. The summed E-state index contributed by atoms with van der Waals surface area (Å²) in [4.78, 5) is 10.2. The largest absolute Gasteiger partial charge is 0.464 e. The van der Waals surface area contributed by atoms with Gasteiger partial charge in [0, 0.05) is 7.05 Å². The lowest BCUT2D eigenvalue weighted by atomic mass is 10.5. The van der Waals surface area contributed by atoms with Gasteiger partial charge in [-0.25, -0.2) is 9.80 Å². The maximum Gasteiger partial charge on any atom is 0.427 e. The Balaban J connectivity index is 2.56. The van der Waals surface area contributed by atoms with Gasteiger partial charge in [0.05, 0.1) is 12.5 Å². The van der Waals surface area contributed by atoms with Gasteiger partial charge in [0.2, 0.25) is 0 Å². The van der Waals surface area contributed by atoms with Crippen molar-refractivity contribution in [3.8, 4) is 0 Å². The van der Waals surface area contributed by atoms with Crippen LogP contribution in [0.5, 0.6) is 0 Å². The van der Waals surface area contributed by atoms with Crippen molar-refractivity contribution in [2.45, 2.75) is 0 Å². The Kier molecular flexibility index (Phi) is 2.47. The summed E-state index contributed by atoms with van der Waals surface area (Å²) in [5.41, 5.74) is 0. The molecule has 0 radical (unpaired) electrons. The fraction of sp³-hybridized carbons (Fsp3) is 0.143. The van der Waals surface area contributed by atoms with Crippen molar-refractivity contribution >= 4 is 12.3 Å². The van der Waals surface area contributed by atoms with Gasteiger partial charge >= 0.3 is 6.09 Å². The van der Waals surface area contributed by atoms with E-state index in [2.05, 4.69) is 5.10 Å². The second kappa shape index (κ2) is 3.56. The minimum Gasteiger partial charge on any atom is -0.464 e. The van der Waals surface area contributed by atoms with Crippen LogP contribution in [0.3, 0.4) is 0 Å². The van der Waals surface area contributed by atoms with Gasteiger partial charge < -0.3 is 9.52 Å². The number of hydrogen-bond donors (Lipinski definition) is 1. The van der Waals surface area contributed by atoms with Crippen LogP contribution in [0.25, 0.3) is 0 Å². The van der Waals surface area contributed by atoms with Crippen molar-refractivity contribution < 1.29 is 14.3 Å². The summed E-state index contributed by atoms with van der Waals surface area (Å²) in [6.45, 7) is 0. The molecule has 1 aromatic rings. The van der Waals surface area contributed by atoms with Gasteiger partial charge in [-0.15, -0.1) is 0 Å². The third-order valence-corrected chi connectivity index (χ3v) is 1.18. The van der Waals surface area contributed by atoms with E-state index in [0.29, 0.717) is 5.76 Å². The van der Waals surface area contributed by atoms with Crippen LogP contribution in [0, 0.1) is 0 Å². The molecule has 0 aliphatic carbocycles.